The minimum atomic E-state index is -0.294. The molecule has 1 aromatic carbocycles. The van der Waals surface area contributed by atoms with Gasteiger partial charge in [0.1, 0.15) is 11.9 Å². The maximum atomic E-state index is 13.9. The van der Waals surface area contributed by atoms with E-state index in [1.165, 1.54) is 6.07 Å². The molecule has 0 amide bonds. The molecule has 0 bridgehead atoms. The van der Waals surface area contributed by atoms with Crippen LogP contribution in [0, 0.1) is 5.82 Å². The number of ether oxygens (including phenoxy) is 1. The molecular formula is C20H26ClFIN5O. The molecule has 6 nitrogen and oxygen atoms in total. The van der Waals surface area contributed by atoms with Crippen molar-refractivity contribution in [2.24, 2.45) is 4.99 Å². The topological polar surface area (TPSA) is 61.8 Å². The lowest BCUT2D eigenvalue weighted by Gasteiger charge is -2.21. The Hall–Kier alpha value is -1.81. The molecule has 1 saturated heterocycles. The van der Waals surface area contributed by atoms with Gasteiger partial charge in [-0.2, -0.15) is 0 Å². The van der Waals surface area contributed by atoms with E-state index in [2.05, 4.69) is 20.6 Å². The van der Waals surface area contributed by atoms with Crippen molar-refractivity contribution in [3.05, 3.63) is 53.4 Å². The largest absolute Gasteiger partial charge is 0.489 e. The summed E-state index contributed by atoms with van der Waals surface area (Å²) in [5.74, 6) is 1.53. The van der Waals surface area contributed by atoms with Crippen LogP contribution >= 0.6 is 35.6 Å². The van der Waals surface area contributed by atoms with E-state index in [0.717, 1.165) is 18.7 Å². The van der Waals surface area contributed by atoms with Crippen LogP contribution in [0.5, 0.6) is 5.75 Å². The van der Waals surface area contributed by atoms with E-state index in [1.807, 2.05) is 30.0 Å². The molecule has 0 aliphatic carbocycles. The Balaban J connectivity index is 0.00000300. The molecule has 2 atom stereocenters. The number of rotatable bonds is 6. The van der Waals surface area contributed by atoms with Gasteiger partial charge in [-0.3, -0.25) is 4.99 Å². The van der Waals surface area contributed by atoms with Gasteiger partial charge in [0.25, 0.3) is 0 Å². The summed E-state index contributed by atoms with van der Waals surface area (Å²) in [4.78, 5) is 10.4. The lowest BCUT2D eigenvalue weighted by atomic mass is 10.3. The average Bonchev–Trinajstić information content (AvgIpc) is 3.13. The smallest absolute Gasteiger partial charge is 0.191 e. The summed E-state index contributed by atoms with van der Waals surface area (Å²) in [5, 5.41) is 7.30. The summed E-state index contributed by atoms with van der Waals surface area (Å²) in [6.07, 6.45) is 2.42. The van der Waals surface area contributed by atoms with Gasteiger partial charge in [-0.1, -0.05) is 17.7 Å². The number of guanidine groups is 1. The number of hydrogen-bond acceptors (Lipinski definition) is 4. The van der Waals surface area contributed by atoms with Crippen LogP contribution in [0.2, 0.25) is 5.02 Å². The van der Waals surface area contributed by atoms with Gasteiger partial charge in [-0.15, -0.1) is 24.0 Å². The van der Waals surface area contributed by atoms with Gasteiger partial charge < -0.3 is 20.3 Å². The molecule has 0 spiro atoms. The van der Waals surface area contributed by atoms with E-state index in [4.69, 9.17) is 16.3 Å². The fourth-order valence-electron chi connectivity index (χ4n) is 3.12. The van der Waals surface area contributed by atoms with Crippen LogP contribution in [0.3, 0.4) is 0 Å². The normalized spacial score (nSPS) is 17.4. The highest BCUT2D eigenvalue weighted by Crippen LogP contribution is 2.21. The summed E-state index contributed by atoms with van der Waals surface area (Å²) in [5.41, 5.74) is 0. The van der Waals surface area contributed by atoms with E-state index in [-0.39, 0.29) is 41.9 Å². The molecule has 2 unspecified atom stereocenters. The van der Waals surface area contributed by atoms with Crippen molar-refractivity contribution in [2.45, 2.75) is 25.5 Å². The van der Waals surface area contributed by atoms with E-state index < -0.39 is 0 Å². The van der Waals surface area contributed by atoms with Crippen LogP contribution in [0.4, 0.5) is 10.2 Å². The molecule has 0 radical (unpaired) electrons. The van der Waals surface area contributed by atoms with Gasteiger partial charge in [-0.25, -0.2) is 9.37 Å². The zero-order valence-electron chi connectivity index (χ0n) is 16.4. The number of aromatic nitrogens is 1. The number of hydrogen-bond donors (Lipinski definition) is 2. The van der Waals surface area contributed by atoms with Crippen molar-refractivity contribution < 1.29 is 9.13 Å². The van der Waals surface area contributed by atoms with Crippen molar-refractivity contribution in [3.8, 4) is 5.75 Å². The third-order valence-electron chi connectivity index (χ3n) is 4.48. The second-order valence-electron chi connectivity index (χ2n) is 6.72. The highest BCUT2D eigenvalue weighted by molar-refractivity contribution is 14.0. The predicted octanol–water partition coefficient (Wildman–Crippen LogP) is 3.70. The molecule has 3 rings (SSSR count). The van der Waals surface area contributed by atoms with Crippen molar-refractivity contribution in [1.82, 2.24) is 15.6 Å². The monoisotopic (exact) mass is 533 g/mol. The lowest BCUT2D eigenvalue weighted by Crippen LogP contribution is -2.47. The molecule has 1 fully saturated rings. The first-order valence-corrected chi connectivity index (χ1v) is 9.68. The number of nitrogens with zero attached hydrogens (tertiary/aromatic N) is 3. The summed E-state index contributed by atoms with van der Waals surface area (Å²) in [6, 6.07) is 10.5. The number of aliphatic imine (C=N–C) groups is 1. The molecule has 9 heteroatoms. The van der Waals surface area contributed by atoms with E-state index in [0.29, 0.717) is 29.9 Å². The van der Waals surface area contributed by atoms with Gasteiger partial charge in [0.2, 0.25) is 0 Å². The Morgan fingerprint density at radius 1 is 1.41 bits per heavy atom. The predicted molar refractivity (Wildman–Crippen MR) is 126 cm³/mol. The number of pyridine rings is 1. The standard InChI is InChI=1S/C20H25ClFN5O.HI/c1-14(28-17-6-3-5-15(21)11-17)12-25-20(23-2)26-16-8-10-27(13-16)19-18(22)7-4-9-24-19;/h3-7,9,11,14,16H,8,10,12-13H2,1-2H3,(H2,23,25,26);1H. The molecule has 1 aliphatic rings. The first-order chi connectivity index (χ1) is 13.5. The van der Waals surface area contributed by atoms with Crippen LogP contribution < -0.4 is 20.3 Å². The van der Waals surface area contributed by atoms with Crippen LogP contribution in [0.25, 0.3) is 0 Å². The Kier molecular flexibility index (Phi) is 9.22. The van der Waals surface area contributed by atoms with Crippen molar-refractivity contribution in [1.29, 1.82) is 0 Å². The fourth-order valence-corrected chi connectivity index (χ4v) is 3.30. The molecular weight excluding hydrogens is 508 g/mol. The molecule has 2 heterocycles. The van der Waals surface area contributed by atoms with E-state index >= 15 is 0 Å². The average molecular weight is 534 g/mol. The summed E-state index contributed by atoms with van der Waals surface area (Å²) >= 11 is 5.98. The summed E-state index contributed by atoms with van der Waals surface area (Å²) in [7, 11) is 1.73. The molecule has 1 aromatic heterocycles. The quantitative estimate of drug-likeness (QED) is 0.337. The number of nitrogens with one attached hydrogen (secondary N) is 2. The second-order valence-corrected chi connectivity index (χ2v) is 7.16. The minimum absolute atomic E-state index is 0. The molecule has 29 heavy (non-hydrogen) atoms. The van der Waals surface area contributed by atoms with Crippen LogP contribution in [0.15, 0.2) is 47.6 Å². The van der Waals surface area contributed by atoms with Gasteiger partial charge >= 0.3 is 0 Å². The molecule has 158 valence electrons. The van der Waals surface area contributed by atoms with Gasteiger partial charge in [0.15, 0.2) is 17.6 Å². The molecule has 2 aromatic rings. The van der Waals surface area contributed by atoms with Gasteiger partial charge in [0, 0.05) is 37.4 Å². The number of anilines is 1. The van der Waals surface area contributed by atoms with Crippen molar-refractivity contribution in [2.75, 3.05) is 31.6 Å². The zero-order chi connectivity index (χ0) is 19.9. The molecule has 2 N–H and O–H groups in total. The van der Waals surface area contributed by atoms with Gasteiger partial charge in [0.05, 0.1) is 6.54 Å². The SMILES string of the molecule is CN=C(NCC(C)Oc1cccc(Cl)c1)NC1CCN(c2ncccc2F)C1.I. The molecule has 1 aliphatic heterocycles. The summed E-state index contributed by atoms with van der Waals surface area (Å²) in [6.45, 7) is 3.97. The van der Waals surface area contributed by atoms with E-state index in [1.54, 1.807) is 25.4 Å². The van der Waals surface area contributed by atoms with E-state index in [9.17, 15) is 4.39 Å². The highest BCUT2D eigenvalue weighted by atomic mass is 127. The van der Waals surface area contributed by atoms with Crippen molar-refractivity contribution in [3.63, 3.8) is 0 Å². The Morgan fingerprint density at radius 3 is 2.97 bits per heavy atom. The Bertz CT molecular complexity index is 825. The first-order valence-electron chi connectivity index (χ1n) is 9.30. The highest BCUT2D eigenvalue weighted by Gasteiger charge is 2.26. The number of halogens is 3. The van der Waals surface area contributed by atoms with Gasteiger partial charge in [-0.05, 0) is 43.7 Å². The Labute approximate surface area is 192 Å². The van der Waals surface area contributed by atoms with Crippen molar-refractivity contribution >= 4 is 47.4 Å². The summed E-state index contributed by atoms with van der Waals surface area (Å²) < 4.78 is 19.8. The van der Waals surface area contributed by atoms with Crippen LogP contribution in [-0.2, 0) is 0 Å². The zero-order valence-corrected chi connectivity index (χ0v) is 19.5. The maximum absolute atomic E-state index is 13.9. The third-order valence-corrected chi connectivity index (χ3v) is 4.72. The molecule has 0 saturated carbocycles. The van der Waals surface area contributed by atoms with Crippen LogP contribution in [0.1, 0.15) is 13.3 Å². The minimum Gasteiger partial charge on any atom is -0.489 e. The third kappa shape index (κ3) is 6.88. The van der Waals surface area contributed by atoms with Crippen LogP contribution in [-0.4, -0.2) is 49.8 Å². The number of benzene rings is 1. The Morgan fingerprint density at radius 2 is 2.24 bits per heavy atom. The fraction of sp³-hybridized carbons (Fsp3) is 0.400. The first kappa shape index (κ1) is 23.5. The lowest BCUT2D eigenvalue weighted by molar-refractivity contribution is 0.223. The maximum Gasteiger partial charge on any atom is 0.191 e. The second kappa shape index (κ2) is 11.4.